The van der Waals surface area contributed by atoms with Crippen molar-refractivity contribution in [2.75, 3.05) is 23.3 Å². The van der Waals surface area contributed by atoms with Crippen LogP contribution < -0.4 is 10.2 Å². The molecule has 34 heavy (non-hydrogen) atoms. The number of carbonyl (C=O) groups excluding carboxylic acids is 1. The summed E-state index contributed by atoms with van der Waals surface area (Å²) in [6.45, 7) is 8.42. The SMILES string of the molecule is Cc1c(Cl)cnc(Nc2ncnc3ccc(N4C[C@@H]5C[C@H]4CN5C(=O)OC(C)(C)C)nc23)c1F. The molecule has 2 aliphatic rings. The average Bonchev–Trinajstić information content (AvgIpc) is 3.39. The van der Waals surface area contributed by atoms with E-state index in [1.165, 1.54) is 12.5 Å². The summed E-state index contributed by atoms with van der Waals surface area (Å²) in [5, 5.41) is 3.18. The third-order valence-corrected chi connectivity index (χ3v) is 6.45. The van der Waals surface area contributed by atoms with E-state index in [0.717, 1.165) is 12.2 Å². The number of pyridine rings is 2. The number of amides is 1. The van der Waals surface area contributed by atoms with Crippen LogP contribution in [-0.4, -0.2) is 61.7 Å². The van der Waals surface area contributed by atoms with Crippen LogP contribution in [0.25, 0.3) is 11.0 Å². The van der Waals surface area contributed by atoms with Gasteiger partial charge in [-0.25, -0.2) is 29.1 Å². The zero-order valence-electron chi connectivity index (χ0n) is 19.3. The van der Waals surface area contributed by atoms with Crippen molar-refractivity contribution in [1.29, 1.82) is 0 Å². The number of rotatable bonds is 3. The summed E-state index contributed by atoms with van der Waals surface area (Å²) >= 11 is 5.96. The number of aromatic nitrogens is 4. The van der Waals surface area contributed by atoms with Gasteiger partial charge in [0, 0.05) is 24.8 Å². The molecule has 0 aliphatic carbocycles. The van der Waals surface area contributed by atoms with Gasteiger partial charge in [-0.05, 0) is 46.2 Å². The van der Waals surface area contributed by atoms with Gasteiger partial charge in [-0.2, -0.15) is 0 Å². The second kappa shape index (κ2) is 8.19. The number of halogens is 2. The molecule has 0 aromatic carbocycles. The molecule has 9 nitrogen and oxygen atoms in total. The number of nitrogens with one attached hydrogen (secondary N) is 1. The number of anilines is 3. The van der Waals surface area contributed by atoms with E-state index in [1.54, 1.807) is 11.8 Å². The Kier molecular flexibility index (Phi) is 5.43. The number of piperazine rings is 1. The first-order chi connectivity index (χ1) is 16.1. The van der Waals surface area contributed by atoms with Gasteiger partial charge in [0.2, 0.25) is 0 Å². The van der Waals surface area contributed by atoms with Crippen molar-refractivity contribution in [2.24, 2.45) is 0 Å². The van der Waals surface area contributed by atoms with Crippen LogP contribution in [0.4, 0.5) is 26.6 Å². The van der Waals surface area contributed by atoms with Crippen molar-refractivity contribution >= 4 is 46.2 Å². The quantitative estimate of drug-likeness (QED) is 0.580. The van der Waals surface area contributed by atoms with E-state index in [4.69, 9.17) is 21.3 Å². The van der Waals surface area contributed by atoms with Crippen molar-refractivity contribution < 1.29 is 13.9 Å². The molecule has 2 saturated heterocycles. The Morgan fingerprint density at radius 1 is 1.18 bits per heavy atom. The lowest BCUT2D eigenvalue weighted by atomic mass is 10.2. The van der Waals surface area contributed by atoms with Crippen molar-refractivity contribution in [2.45, 2.75) is 51.8 Å². The Balaban J connectivity index is 1.40. The highest BCUT2D eigenvalue weighted by atomic mass is 35.5. The van der Waals surface area contributed by atoms with Gasteiger partial charge in [-0.1, -0.05) is 11.6 Å². The monoisotopic (exact) mass is 485 g/mol. The van der Waals surface area contributed by atoms with Gasteiger partial charge in [0.15, 0.2) is 17.5 Å². The largest absolute Gasteiger partial charge is 0.444 e. The molecule has 0 saturated carbocycles. The van der Waals surface area contributed by atoms with E-state index in [1.807, 2.05) is 32.9 Å². The fourth-order valence-corrected chi connectivity index (χ4v) is 4.56. The summed E-state index contributed by atoms with van der Waals surface area (Å²) in [4.78, 5) is 34.0. The van der Waals surface area contributed by atoms with Gasteiger partial charge in [-0.3, -0.25) is 0 Å². The van der Waals surface area contributed by atoms with E-state index in [0.29, 0.717) is 35.5 Å². The molecule has 5 rings (SSSR count). The Morgan fingerprint density at radius 3 is 2.68 bits per heavy atom. The number of likely N-dealkylation sites (tertiary alicyclic amines) is 1. The molecule has 0 spiro atoms. The van der Waals surface area contributed by atoms with Gasteiger partial charge in [0.05, 0.1) is 22.6 Å². The molecule has 178 valence electrons. The maximum Gasteiger partial charge on any atom is 0.410 e. The first-order valence-electron chi connectivity index (χ1n) is 11.1. The Labute approximate surface area is 201 Å². The summed E-state index contributed by atoms with van der Waals surface area (Å²) < 4.78 is 20.2. The molecule has 3 aromatic rings. The Morgan fingerprint density at radius 2 is 1.97 bits per heavy atom. The van der Waals surface area contributed by atoms with Gasteiger partial charge >= 0.3 is 6.09 Å². The standard InChI is InChI=1S/C23H25ClFN7O2/c1-12-15(24)8-26-20(18(12)25)30-21-19-16(27-11-28-21)5-6-17(29-19)31-9-14-7-13(31)10-32(14)22(33)34-23(2,3)4/h5-6,8,11,13-14H,7,9-10H2,1-4H3,(H,26,27,28,30)/t13-,14-/m0/s1. The second-order valence-electron chi connectivity index (χ2n) is 9.61. The molecule has 0 radical (unpaired) electrons. The zero-order chi connectivity index (χ0) is 24.2. The van der Waals surface area contributed by atoms with Crippen molar-refractivity contribution in [3.63, 3.8) is 0 Å². The lowest BCUT2D eigenvalue weighted by molar-refractivity contribution is 0.0214. The Hall–Kier alpha value is -3.27. The fraction of sp³-hybridized carbons (Fsp3) is 0.435. The summed E-state index contributed by atoms with van der Waals surface area (Å²) in [5.41, 5.74) is 0.889. The van der Waals surface area contributed by atoms with Gasteiger partial charge in [0.25, 0.3) is 0 Å². The molecule has 2 aliphatic heterocycles. The number of ether oxygens (including phenoxy) is 1. The highest BCUT2D eigenvalue weighted by Crippen LogP contribution is 2.36. The summed E-state index contributed by atoms with van der Waals surface area (Å²) in [7, 11) is 0. The lowest BCUT2D eigenvalue weighted by Crippen LogP contribution is -2.50. The van der Waals surface area contributed by atoms with Crippen LogP contribution in [0.15, 0.2) is 24.7 Å². The van der Waals surface area contributed by atoms with E-state index in [9.17, 15) is 9.18 Å². The summed E-state index contributed by atoms with van der Waals surface area (Å²) in [6, 6.07) is 3.97. The van der Waals surface area contributed by atoms with Crippen LogP contribution in [0, 0.1) is 12.7 Å². The second-order valence-corrected chi connectivity index (χ2v) is 10.0. The molecular weight excluding hydrogens is 461 g/mol. The van der Waals surface area contributed by atoms with E-state index in [-0.39, 0.29) is 29.0 Å². The smallest absolute Gasteiger partial charge is 0.410 e. The van der Waals surface area contributed by atoms with Gasteiger partial charge in [0.1, 0.15) is 23.3 Å². The predicted molar refractivity (Wildman–Crippen MR) is 127 cm³/mol. The van der Waals surface area contributed by atoms with Crippen LogP contribution in [0.3, 0.4) is 0 Å². The number of carbonyl (C=O) groups is 1. The first-order valence-corrected chi connectivity index (χ1v) is 11.4. The maximum absolute atomic E-state index is 14.7. The fourth-order valence-electron chi connectivity index (χ4n) is 4.43. The van der Waals surface area contributed by atoms with Crippen molar-refractivity contribution in [3.8, 4) is 0 Å². The van der Waals surface area contributed by atoms with Gasteiger partial charge in [-0.15, -0.1) is 0 Å². The molecule has 1 amide bonds. The van der Waals surface area contributed by atoms with Crippen LogP contribution in [0.5, 0.6) is 0 Å². The molecule has 3 aromatic heterocycles. The maximum atomic E-state index is 14.7. The van der Waals surface area contributed by atoms with E-state index >= 15 is 0 Å². The number of nitrogens with zero attached hydrogens (tertiary/aromatic N) is 6. The minimum absolute atomic E-state index is 0.0161. The Bertz CT molecular complexity index is 1280. The molecule has 11 heteroatoms. The molecule has 2 fully saturated rings. The summed E-state index contributed by atoms with van der Waals surface area (Å²) in [6.07, 6.45) is 3.36. The number of hydrogen-bond donors (Lipinski definition) is 1. The minimum Gasteiger partial charge on any atom is -0.444 e. The van der Waals surface area contributed by atoms with Crippen LogP contribution in [0.1, 0.15) is 32.8 Å². The van der Waals surface area contributed by atoms with Crippen LogP contribution >= 0.6 is 11.6 Å². The normalized spacial score (nSPS) is 19.7. The number of fused-ring (bicyclic) bond motifs is 3. The molecule has 2 atom stereocenters. The molecular formula is C23H25ClFN7O2. The van der Waals surface area contributed by atoms with Crippen molar-refractivity contribution in [3.05, 3.63) is 41.1 Å². The molecule has 0 unspecified atom stereocenters. The third-order valence-electron chi connectivity index (χ3n) is 6.07. The van der Waals surface area contributed by atoms with Crippen LogP contribution in [0.2, 0.25) is 5.02 Å². The molecule has 5 heterocycles. The average molecular weight is 486 g/mol. The topological polar surface area (TPSA) is 96.4 Å². The van der Waals surface area contributed by atoms with Crippen LogP contribution in [-0.2, 0) is 4.74 Å². The highest BCUT2D eigenvalue weighted by molar-refractivity contribution is 6.31. The highest BCUT2D eigenvalue weighted by Gasteiger charge is 2.47. The lowest BCUT2D eigenvalue weighted by Gasteiger charge is -2.35. The molecule has 1 N–H and O–H groups in total. The first kappa shape index (κ1) is 22.5. The van der Waals surface area contributed by atoms with E-state index < -0.39 is 11.4 Å². The zero-order valence-corrected chi connectivity index (χ0v) is 20.1. The van der Waals surface area contributed by atoms with Crippen molar-refractivity contribution in [1.82, 2.24) is 24.8 Å². The predicted octanol–water partition coefficient (Wildman–Crippen LogP) is 4.46. The summed E-state index contributed by atoms with van der Waals surface area (Å²) in [5.74, 6) is 0.568. The molecule has 2 bridgehead atoms. The van der Waals surface area contributed by atoms with Gasteiger partial charge < -0.3 is 19.9 Å². The van der Waals surface area contributed by atoms with E-state index in [2.05, 4.69) is 25.2 Å². The third kappa shape index (κ3) is 4.06. The minimum atomic E-state index is -0.547. The number of hydrogen-bond acceptors (Lipinski definition) is 8.